The monoisotopic (exact) mass is 445 g/mol. The highest BCUT2D eigenvalue weighted by Crippen LogP contribution is 2.33. The van der Waals surface area contributed by atoms with E-state index in [0.717, 1.165) is 0 Å². The summed E-state index contributed by atoms with van der Waals surface area (Å²) in [5.74, 6) is -0.0990. The summed E-state index contributed by atoms with van der Waals surface area (Å²) in [6.45, 7) is 0.467. The van der Waals surface area contributed by atoms with Crippen LogP contribution in [0.5, 0.6) is 5.88 Å². The molecule has 0 unspecified atom stereocenters. The van der Waals surface area contributed by atoms with E-state index >= 15 is 0 Å². The van der Waals surface area contributed by atoms with E-state index in [1.54, 1.807) is 30.5 Å². The SMILES string of the molecule is [2H]C([2H])([2H])Oc1nc(N[C@H]2CCN(C)C[C@H]2F)nn2ccc(-c3ccc4nnn(CCF)c4c3)c12. The third kappa shape index (κ3) is 3.62. The van der Waals surface area contributed by atoms with Crippen molar-refractivity contribution in [1.82, 2.24) is 34.5 Å². The molecule has 0 radical (unpaired) electrons. The van der Waals surface area contributed by atoms with Gasteiger partial charge in [-0.05, 0) is 37.2 Å². The number of hydrogen-bond donors (Lipinski definition) is 1. The molecule has 1 saturated heterocycles. The van der Waals surface area contributed by atoms with Crippen LogP contribution in [-0.4, -0.2) is 80.6 Å². The second-order valence-electron chi connectivity index (χ2n) is 7.89. The van der Waals surface area contributed by atoms with E-state index in [-0.39, 0.29) is 24.9 Å². The van der Waals surface area contributed by atoms with Crippen molar-refractivity contribution < 1.29 is 17.6 Å². The maximum atomic E-state index is 14.6. The normalized spacial score (nSPS) is 21.4. The number of fused-ring (bicyclic) bond motifs is 2. The van der Waals surface area contributed by atoms with Gasteiger partial charge >= 0.3 is 0 Å². The van der Waals surface area contributed by atoms with Crippen LogP contribution in [0.1, 0.15) is 10.5 Å². The Morgan fingerprint density at radius 2 is 2.25 bits per heavy atom. The third-order valence-corrected chi connectivity index (χ3v) is 5.76. The summed E-state index contributed by atoms with van der Waals surface area (Å²) in [6.07, 6.45) is 1.06. The van der Waals surface area contributed by atoms with Crippen molar-refractivity contribution in [2.45, 2.75) is 25.2 Å². The molecule has 0 aliphatic carbocycles. The van der Waals surface area contributed by atoms with Crippen molar-refractivity contribution >= 4 is 22.5 Å². The Labute approximate surface area is 187 Å². The fraction of sp³-hybridized carbons (Fsp3) is 0.429. The first-order valence-corrected chi connectivity index (χ1v) is 10.3. The quantitative estimate of drug-likeness (QED) is 0.488. The van der Waals surface area contributed by atoms with Crippen molar-refractivity contribution in [3.05, 3.63) is 30.5 Å². The van der Waals surface area contributed by atoms with E-state index in [1.807, 2.05) is 11.9 Å². The molecule has 0 spiro atoms. The number of nitrogens with zero attached hydrogens (tertiary/aromatic N) is 7. The minimum Gasteiger partial charge on any atom is -0.479 e. The van der Waals surface area contributed by atoms with Crippen LogP contribution in [-0.2, 0) is 6.54 Å². The average Bonchev–Trinajstić information content (AvgIpc) is 3.39. The fourth-order valence-corrected chi connectivity index (χ4v) is 4.12. The van der Waals surface area contributed by atoms with Gasteiger partial charge in [0.1, 0.15) is 23.9 Å². The van der Waals surface area contributed by atoms with Crippen molar-refractivity contribution in [1.29, 1.82) is 0 Å². The molecule has 0 saturated carbocycles. The summed E-state index contributed by atoms with van der Waals surface area (Å²) in [6, 6.07) is 6.57. The molecule has 1 fully saturated rings. The molecule has 1 N–H and O–H groups in total. The number of anilines is 1. The van der Waals surface area contributed by atoms with Crippen LogP contribution in [0.25, 0.3) is 27.7 Å². The summed E-state index contributed by atoms with van der Waals surface area (Å²) >= 11 is 0. The predicted molar refractivity (Wildman–Crippen MR) is 116 cm³/mol. The Kier molecular flexibility index (Phi) is 4.47. The van der Waals surface area contributed by atoms with Gasteiger partial charge in [0.2, 0.25) is 11.8 Å². The molecule has 4 heterocycles. The summed E-state index contributed by atoms with van der Waals surface area (Å²) in [5.41, 5.74) is 2.87. The Bertz CT molecular complexity index is 1360. The number of benzene rings is 1. The molecule has 0 amide bonds. The number of ether oxygens (including phenoxy) is 1. The number of piperidine rings is 1. The molecular formula is C21H24F2N8O. The second-order valence-corrected chi connectivity index (χ2v) is 7.89. The van der Waals surface area contributed by atoms with E-state index in [0.29, 0.717) is 40.6 Å². The molecule has 0 bridgehead atoms. The number of hydrogen-bond acceptors (Lipinski definition) is 7. The highest BCUT2D eigenvalue weighted by molar-refractivity contribution is 5.89. The number of halogens is 2. The first kappa shape index (κ1) is 17.2. The van der Waals surface area contributed by atoms with Gasteiger partial charge in [0.15, 0.2) is 0 Å². The van der Waals surface area contributed by atoms with Crippen LogP contribution in [0.2, 0.25) is 0 Å². The van der Waals surface area contributed by atoms with Crippen molar-refractivity contribution in [2.24, 2.45) is 0 Å². The lowest BCUT2D eigenvalue weighted by molar-refractivity contribution is 0.149. The Hall–Kier alpha value is -3.34. The molecule has 1 aliphatic heterocycles. The van der Waals surface area contributed by atoms with Crippen LogP contribution in [0.15, 0.2) is 30.5 Å². The summed E-state index contributed by atoms with van der Waals surface area (Å²) < 4.78 is 58.5. The van der Waals surface area contributed by atoms with Crippen LogP contribution < -0.4 is 10.1 Å². The molecule has 5 rings (SSSR count). The maximum Gasteiger partial charge on any atom is 0.244 e. The molecule has 168 valence electrons. The Morgan fingerprint density at radius 3 is 3.06 bits per heavy atom. The van der Waals surface area contributed by atoms with Crippen LogP contribution in [0, 0.1) is 0 Å². The number of rotatable bonds is 6. The number of aromatic nitrogens is 6. The van der Waals surface area contributed by atoms with E-state index in [1.165, 1.54) is 9.20 Å². The second kappa shape index (κ2) is 8.30. The van der Waals surface area contributed by atoms with Gasteiger partial charge < -0.3 is 15.0 Å². The average molecular weight is 445 g/mol. The van der Waals surface area contributed by atoms with Gasteiger partial charge in [-0.2, -0.15) is 4.98 Å². The summed E-state index contributed by atoms with van der Waals surface area (Å²) in [5, 5.41) is 15.4. The van der Waals surface area contributed by atoms with Gasteiger partial charge in [-0.3, -0.25) is 0 Å². The lowest BCUT2D eigenvalue weighted by atomic mass is 10.0. The van der Waals surface area contributed by atoms with E-state index in [9.17, 15) is 8.78 Å². The molecule has 1 aromatic carbocycles. The van der Waals surface area contributed by atoms with Crippen LogP contribution in [0.4, 0.5) is 14.7 Å². The van der Waals surface area contributed by atoms with Gasteiger partial charge in [0, 0.05) is 24.8 Å². The zero-order valence-electron chi connectivity index (χ0n) is 20.4. The lowest BCUT2D eigenvalue weighted by Gasteiger charge is -2.32. The van der Waals surface area contributed by atoms with Crippen molar-refractivity contribution in [3.63, 3.8) is 0 Å². The topological polar surface area (TPSA) is 85.4 Å². The van der Waals surface area contributed by atoms with Crippen LogP contribution >= 0.6 is 0 Å². The van der Waals surface area contributed by atoms with Gasteiger partial charge in [0.05, 0.1) is 29.3 Å². The minimum atomic E-state index is -2.77. The van der Waals surface area contributed by atoms with E-state index in [4.69, 9.17) is 8.85 Å². The number of aryl methyl sites for hydroxylation is 1. The highest BCUT2D eigenvalue weighted by atomic mass is 19.1. The Balaban J connectivity index is 1.57. The number of likely N-dealkylation sites (tertiary alicyclic amines) is 1. The molecule has 11 heteroatoms. The van der Waals surface area contributed by atoms with Gasteiger partial charge in [0.25, 0.3) is 0 Å². The van der Waals surface area contributed by atoms with Gasteiger partial charge in [-0.15, -0.1) is 10.2 Å². The third-order valence-electron chi connectivity index (χ3n) is 5.76. The largest absolute Gasteiger partial charge is 0.479 e. The number of nitrogens with one attached hydrogen (secondary N) is 1. The fourth-order valence-electron chi connectivity index (χ4n) is 4.12. The number of methoxy groups -OCH3 is 1. The maximum absolute atomic E-state index is 14.6. The smallest absolute Gasteiger partial charge is 0.244 e. The van der Waals surface area contributed by atoms with Gasteiger partial charge in [-0.1, -0.05) is 11.3 Å². The van der Waals surface area contributed by atoms with Crippen LogP contribution in [0.3, 0.4) is 0 Å². The first-order chi connectivity index (χ1) is 16.7. The van der Waals surface area contributed by atoms with Crippen molar-refractivity contribution in [3.8, 4) is 17.0 Å². The summed E-state index contributed by atoms with van der Waals surface area (Å²) in [7, 11) is -0.912. The number of alkyl halides is 2. The van der Waals surface area contributed by atoms with E-state index < -0.39 is 25.9 Å². The molecule has 4 aromatic rings. The molecule has 1 aliphatic rings. The van der Waals surface area contributed by atoms with Gasteiger partial charge in [-0.25, -0.2) is 18.0 Å². The summed E-state index contributed by atoms with van der Waals surface area (Å²) in [4.78, 5) is 6.21. The first-order valence-electron chi connectivity index (χ1n) is 11.8. The molecular weight excluding hydrogens is 418 g/mol. The molecule has 32 heavy (non-hydrogen) atoms. The molecule has 9 nitrogen and oxygen atoms in total. The van der Waals surface area contributed by atoms with Crippen molar-refractivity contribution in [2.75, 3.05) is 39.2 Å². The molecule has 2 atom stereocenters. The minimum absolute atomic E-state index is 0.0640. The predicted octanol–water partition coefficient (Wildman–Crippen LogP) is 2.57. The standard InChI is InChI=1S/C21H24F2N8O/c1-29-8-6-16(15(23)12-29)24-21-25-20(32-2)19-14(5-9-31(19)27-21)13-3-4-17-18(11-13)30(10-7-22)28-26-17/h3-5,9,11,15-16H,6-8,10,12H2,1-2H3,(H,24,27)/t15-,16+/m1/s1/i2D3. The lowest BCUT2D eigenvalue weighted by Crippen LogP contribution is -2.46. The Morgan fingerprint density at radius 1 is 1.34 bits per heavy atom. The zero-order valence-corrected chi connectivity index (χ0v) is 17.4. The molecule has 3 aromatic heterocycles. The zero-order chi connectivity index (χ0) is 24.7. The highest BCUT2D eigenvalue weighted by Gasteiger charge is 2.28. The van der Waals surface area contributed by atoms with E-state index in [2.05, 4.69) is 25.7 Å².